The number of nitrogens with zero attached hydrogens (tertiary/aromatic N) is 1. The van der Waals surface area contributed by atoms with Crippen LogP contribution in [0.1, 0.15) is 44.9 Å². The number of hydrogen-bond acceptors (Lipinski definition) is 5. The van der Waals surface area contributed by atoms with Gasteiger partial charge in [0.05, 0.1) is 30.9 Å². The van der Waals surface area contributed by atoms with Crippen molar-refractivity contribution in [2.45, 2.75) is 62.6 Å². The second-order valence-corrected chi connectivity index (χ2v) is 9.52. The van der Waals surface area contributed by atoms with Gasteiger partial charge in [-0.3, -0.25) is 9.59 Å². The molecule has 3 atom stereocenters. The summed E-state index contributed by atoms with van der Waals surface area (Å²) in [6.45, 7) is 1.11. The molecule has 1 unspecified atom stereocenters. The fourth-order valence-electron chi connectivity index (χ4n) is 6.10. The molecule has 2 bridgehead atoms. The topological polar surface area (TPSA) is 77.1 Å². The zero-order valence-electron chi connectivity index (χ0n) is 17.8. The molecular weight excluding hydrogens is 403 g/mol. The lowest BCUT2D eigenvalue weighted by Gasteiger charge is -2.51. The van der Waals surface area contributed by atoms with Gasteiger partial charge >= 0.3 is 0 Å². The average Bonchev–Trinajstić information content (AvgIpc) is 2.78. The number of carbonyl (C=O) groups excluding carboxylic acids is 2. The number of carbonyl (C=O) groups is 2. The van der Waals surface area contributed by atoms with Crippen LogP contribution in [0.4, 0.5) is 4.39 Å². The lowest BCUT2D eigenvalue weighted by Crippen LogP contribution is -2.72. The summed E-state index contributed by atoms with van der Waals surface area (Å²) < 4.78 is 32.5. The fourth-order valence-corrected chi connectivity index (χ4v) is 6.10. The van der Waals surface area contributed by atoms with Gasteiger partial charge in [0, 0.05) is 12.5 Å². The van der Waals surface area contributed by atoms with Crippen LogP contribution in [-0.2, 0) is 23.8 Å². The summed E-state index contributed by atoms with van der Waals surface area (Å²) in [5.41, 5.74) is -0.652. The smallest absolute Gasteiger partial charge is 0.260 e. The van der Waals surface area contributed by atoms with Crippen LogP contribution in [0.2, 0.25) is 0 Å². The number of amides is 2. The Morgan fingerprint density at radius 2 is 2.00 bits per heavy atom. The van der Waals surface area contributed by atoms with Crippen LogP contribution in [0.15, 0.2) is 23.7 Å². The summed E-state index contributed by atoms with van der Waals surface area (Å²) in [5.74, 6) is -0.0821. The highest BCUT2D eigenvalue weighted by Gasteiger charge is 2.50. The number of allylic oxidation sites excluding steroid dienone is 4. The van der Waals surface area contributed by atoms with Gasteiger partial charge in [-0.15, -0.1) is 0 Å². The quantitative estimate of drug-likeness (QED) is 0.633. The third-order valence-electron chi connectivity index (χ3n) is 7.69. The van der Waals surface area contributed by atoms with Crippen LogP contribution in [0.25, 0.3) is 0 Å². The molecule has 0 aromatic carbocycles. The molecule has 4 saturated heterocycles. The third-order valence-corrected chi connectivity index (χ3v) is 7.69. The van der Waals surface area contributed by atoms with E-state index < -0.39 is 5.54 Å². The van der Waals surface area contributed by atoms with Gasteiger partial charge in [-0.25, -0.2) is 4.39 Å². The van der Waals surface area contributed by atoms with E-state index in [1.807, 2.05) is 6.08 Å². The second-order valence-electron chi connectivity index (χ2n) is 9.52. The Kier molecular flexibility index (Phi) is 5.77. The highest BCUT2D eigenvalue weighted by atomic mass is 19.1. The standard InChI is InChI=1S/C23H31FN2O5/c24-18-4-1-3-17-15-5-7-16(8-6-15)30-11-19-23(14-29-12-20(27)25-23)9-2-10-26(19)21(28)13-31-22(17)18/h1,4,15-17,19H,2-3,5-14H2,(H,25,27)/t15-,16+,17?,19-,23+/m0/s1. The number of hydrogen-bond donors (Lipinski definition) is 1. The van der Waals surface area contributed by atoms with E-state index in [0.717, 1.165) is 44.9 Å². The summed E-state index contributed by atoms with van der Waals surface area (Å²) in [6.07, 6.45) is 9.40. The van der Waals surface area contributed by atoms with Gasteiger partial charge in [0.25, 0.3) is 5.91 Å². The molecule has 1 saturated carbocycles. The van der Waals surface area contributed by atoms with E-state index in [9.17, 15) is 14.0 Å². The predicted molar refractivity (Wildman–Crippen MR) is 109 cm³/mol. The largest absolute Gasteiger partial charge is 0.485 e. The molecule has 0 aromatic rings. The van der Waals surface area contributed by atoms with Crippen LogP contribution in [0.3, 0.4) is 0 Å². The lowest BCUT2D eigenvalue weighted by molar-refractivity contribution is -0.157. The zero-order valence-corrected chi connectivity index (χ0v) is 17.8. The first-order valence-corrected chi connectivity index (χ1v) is 11.5. The molecule has 1 spiro atoms. The molecule has 0 radical (unpaired) electrons. The molecule has 31 heavy (non-hydrogen) atoms. The molecule has 1 N–H and O–H groups in total. The molecule has 2 aliphatic carbocycles. The summed E-state index contributed by atoms with van der Waals surface area (Å²) in [5, 5.41) is 3.11. The number of rotatable bonds is 0. The molecule has 4 heterocycles. The minimum Gasteiger partial charge on any atom is -0.485 e. The van der Waals surface area contributed by atoms with Gasteiger partial charge in [-0.2, -0.15) is 0 Å². The van der Waals surface area contributed by atoms with Crippen molar-refractivity contribution in [2.75, 3.05) is 33.0 Å². The van der Waals surface area contributed by atoms with Crippen LogP contribution in [0.5, 0.6) is 0 Å². The van der Waals surface area contributed by atoms with Gasteiger partial charge in [0.2, 0.25) is 5.91 Å². The summed E-state index contributed by atoms with van der Waals surface area (Å²) in [6, 6.07) is -0.332. The Morgan fingerprint density at radius 1 is 1.16 bits per heavy atom. The van der Waals surface area contributed by atoms with E-state index >= 15 is 0 Å². The Balaban J connectivity index is 1.45. The van der Waals surface area contributed by atoms with Crippen molar-refractivity contribution in [3.8, 4) is 0 Å². The Labute approximate surface area is 181 Å². The third kappa shape index (κ3) is 4.00. The normalized spacial score (nSPS) is 39.1. The number of fused-ring (bicyclic) bond motifs is 5. The Hall–Kier alpha value is -1.93. The van der Waals surface area contributed by atoms with Crippen molar-refractivity contribution in [3.63, 3.8) is 0 Å². The van der Waals surface area contributed by atoms with E-state index in [1.54, 1.807) is 4.90 Å². The maximum absolute atomic E-state index is 14.7. The first-order valence-electron chi connectivity index (χ1n) is 11.5. The highest BCUT2D eigenvalue weighted by Crippen LogP contribution is 2.41. The summed E-state index contributed by atoms with van der Waals surface area (Å²) in [7, 11) is 0. The summed E-state index contributed by atoms with van der Waals surface area (Å²) in [4.78, 5) is 27.2. The number of ether oxygens (including phenoxy) is 3. The molecule has 0 aromatic heterocycles. The molecule has 8 heteroatoms. The molecule has 4 aliphatic heterocycles. The van der Waals surface area contributed by atoms with Gasteiger partial charge in [0.15, 0.2) is 12.4 Å². The van der Waals surface area contributed by atoms with E-state index in [-0.39, 0.29) is 48.9 Å². The van der Waals surface area contributed by atoms with Crippen LogP contribution < -0.4 is 5.32 Å². The van der Waals surface area contributed by atoms with Crippen LogP contribution >= 0.6 is 0 Å². The fraction of sp³-hybridized carbons (Fsp3) is 0.739. The maximum Gasteiger partial charge on any atom is 0.260 e. The summed E-state index contributed by atoms with van der Waals surface area (Å²) >= 11 is 0. The first-order chi connectivity index (χ1) is 15.1. The van der Waals surface area contributed by atoms with E-state index in [1.165, 1.54) is 6.08 Å². The van der Waals surface area contributed by atoms with Crippen molar-refractivity contribution >= 4 is 11.8 Å². The Bertz CT molecular complexity index is 787. The molecule has 7 nitrogen and oxygen atoms in total. The average molecular weight is 435 g/mol. The highest BCUT2D eigenvalue weighted by molar-refractivity contribution is 5.80. The van der Waals surface area contributed by atoms with Crippen LogP contribution in [0, 0.1) is 11.8 Å². The molecule has 170 valence electrons. The number of piperidine rings is 1. The number of morpholine rings is 1. The molecule has 5 fully saturated rings. The SMILES string of the molecule is O=C1COC[C@@]2(CCCN3C(=O)COC4=C(F)C=CCC4[C@H]4CC[C@H](CC4)OC[C@H]32)N1. The van der Waals surface area contributed by atoms with Gasteiger partial charge in [-0.05, 0) is 56.9 Å². The number of nitrogens with one attached hydrogen (secondary N) is 1. The molecule has 6 rings (SSSR count). The molecular formula is C23H31FN2O5. The monoisotopic (exact) mass is 434 g/mol. The molecule has 2 amide bonds. The minimum atomic E-state index is -0.652. The molecule has 6 aliphatic rings. The lowest BCUT2D eigenvalue weighted by atomic mass is 9.75. The number of halogens is 1. The van der Waals surface area contributed by atoms with E-state index in [2.05, 4.69) is 5.32 Å². The van der Waals surface area contributed by atoms with Gasteiger partial charge < -0.3 is 24.4 Å². The van der Waals surface area contributed by atoms with Gasteiger partial charge in [-0.1, -0.05) is 6.08 Å². The van der Waals surface area contributed by atoms with Crippen molar-refractivity contribution in [1.29, 1.82) is 0 Å². The van der Waals surface area contributed by atoms with Crippen molar-refractivity contribution in [1.82, 2.24) is 10.2 Å². The zero-order chi connectivity index (χ0) is 21.4. The van der Waals surface area contributed by atoms with Crippen LogP contribution in [-0.4, -0.2) is 67.4 Å². The van der Waals surface area contributed by atoms with E-state index in [0.29, 0.717) is 31.4 Å². The Morgan fingerprint density at radius 3 is 2.81 bits per heavy atom. The van der Waals surface area contributed by atoms with E-state index in [4.69, 9.17) is 14.2 Å². The van der Waals surface area contributed by atoms with Crippen molar-refractivity contribution in [3.05, 3.63) is 23.7 Å². The van der Waals surface area contributed by atoms with Gasteiger partial charge in [0.1, 0.15) is 12.4 Å². The maximum atomic E-state index is 14.7. The first kappa shape index (κ1) is 20.9. The second kappa shape index (κ2) is 8.54. The minimum absolute atomic E-state index is 0.0194. The van der Waals surface area contributed by atoms with Crippen molar-refractivity contribution in [2.24, 2.45) is 11.8 Å². The predicted octanol–water partition coefficient (Wildman–Crippen LogP) is 2.23. The van der Waals surface area contributed by atoms with Crippen molar-refractivity contribution < 1.29 is 28.2 Å².